The summed E-state index contributed by atoms with van der Waals surface area (Å²) in [5.41, 5.74) is 0. The van der Waals surface area contributed by atoms with E-state index >= 15 is 0 Å². The molecule has 0 aliphatic heterocycles. The highest BCUT2D eigenvalue weighted by molar-refractivity contribution is 8.30. The summed E-state index contributed by atoms with van der Waals surface area (Å²) in [6, 6.07) is 7.02. The predicted octanol–water partition coefficient (Wildman–Crippen LogP) is 5.08. The van der Waals surface area contributed by atoms with Gasteiger partial charge in [-0.1, -0.05) is 48.9 Å². The van der Waals surface area contributed by atoms with Crippen LogP contribution in [0.3, 0.4) is 0 Å². The molecule has 38 heavy (non-hydrogen) atoms. The molecular formula is C16H16N12O2S8. The van der Waals surface area contributed by atoms with E-state index in [1.165, 1.54) is 0 Å². The van der Waals surface area contributed by atoms with Crippen molar-refractivity contribution in [2.24, 2.45) is 0 Å². The van der Waals surface area contributed by atoms with Crippen molar-refractivity contribution in [1.29, 1.82) is 0 Å². The Morgan fingerprint density at radius 1 is 0.500 bits per heavy atom. The van der Waals surface area contributed by atoms with E-state index in [2.05, 4.69) is 62.1 Å². The van der Waals surface area contributed by atoms with Crippen LogP contribution in [0.5, 0.6) is 0 Å². The van der Waals surface area contributed by atoms with Crippen LogP contribution in [0, 0.1) is 0 Å². The van der Waals surface area contributed by atoms with Crippen LogP contribution in [0.4, 0.5) is 23.3 Å². The molecule has 0 aliphatic rings. The summed E-state index contributed by atoms with van der Waals surface area (Å²) in [6.45, 7) is 0. The molecule has 4 aromatic rings. The van der Waals surface area contributed by atoms with Gasteiger partial charge in [0.05, 0.1) is 73.0 Å². The molecule has 0 atom stereocenters. The maximum atomic E-state index is 5.21. The first-order valence-corrected chi connectivity index (χ1v) is 14.3. The lowest BCUT2D eigenvalue weighted by molar-refractivity contribution is 0.779. The lowest BCUT2D eigenvalue weighted by Crippen LogP contribution is -2.07. The quantitative estimate of drug-likeness (QED) is 0.0921. The maximum Gasteiger partial charge on any atom is 0.168 e. The molecule has 0 aliphatic carbocycles. The summed E-state index contributed by atoms with van der Waals surface area (Å²) < 4.78 is 12.2. The van der Waals surface area contributed by atoms with Crippen LogP contribution >= 0.6 is 97.0 Å². The Bertz CT molecular complexity index is 1060. The number of hydrogen-bond donors (Lipinski definition) is 8. The van der Waals surface area contributed by atoms with Gasteiger partial charge in [-0.15, -0.1) is 0 Å². The zero-order chi connectivity index (χ0) is 27.0. The van der Waals surface area contributed by atoms with E-state index in [1.54, 1.807) is 49.1 Å². The molecule has 4 heterocycles. The third kappa shape index (κ3) is 12.5. The van der Waals surface area contributed by atoms with Crippen LogP contribution in [-0.2, 0) is 7.26 Å². The molecule has 0 unspecified atom stereocenters. The Balaban J connectivity index is 0.000000211. The second-order valence-corrected chi connectivity index (χ2v) is 12.1. The van der Waals surface area contributed by atoms with Gasteiger partial charge in [0.15, 0.2) is 17.3 Å². The number of rotatable bonds is 8. The van der Waals surface area contributed by atoms with Gasteiger partial charge in [-0.3, -0.25) is 20.4 Å². The minimum absolute atomic E-state index is 0.445. The molecule has 22 heteroatoms. The minimum Gasteiger partial charge on any atom is -0.324 e. The summed E-state index contributed by atoms with van der Waals surface area (Å²) in [4.78, 5) is 0. The Morgan fingerprint density at radius 3 is 0.921 bits per heavy atom. The molecule has 4 rings (SSSR count). The van der Waals surface area contributed by atoms with Crippen molar-refractivity contribution in [2.45, 2.75) is 0 Å². The van der Waals surface area contributed by atoms with E-state index in [4.69, 9.17) is 56.1 Å². The summed E-state index contributed by atoms with van der Waals surface area (Å²) in [6.07, 6.45) is 6.48. The van der Waals surface area contributed by atoms with Crippen LogP contribution in [0.15, 0.2) is 49.1 Å². The Morgan fingerprint density at radius 2 is 0.737 bits per heavy atom. The number of thiocarbonyl (C=S) groups is 4. The van der Waals surface area contributed by atoms with Crippen molar-refractivity contribution in [3.05, 3.63) is 49.1 Å². The minimum atomic E-state index is 0.445. The average Bonchev–Trinajstić information content (AvgIpc) is 3.69. The van der Waals surface area contributed by atoms with Crippen molar-refractivity contribution in [2.75, 3.05) is 21.3 Å². The van der Waals surface area contributed by atoms with E-state index in [-0.39, 0.29) is 0 Å². The number of hydrogen-bond acceptors (Lipinski definition) is 14. The highest BCUT2D eigenvalue weighted by atomic mass is 32.3. The van der Waals surface area contributed by atoms with Gasteiger partial charge < -0.3 is 21.3 Å². The second kappa shape index (κ2) is 17.3. The number of anilines is 4. The Hall–Kier alpha value is -2.28. The summed E-state index contributed by atoms with van der Waals surface area (Å²) >= 11 is 24.2. The molecule has 8 N–H and O–H groups in total. The van der Waals surface area contributed by atoms with E-state index in [9.17, 15) is 0 Å². The Labute approximate surface area is 254 Å². The summed E-state index contributed by atoms with van der Waals surface area (Å²) in [5, 5.41) is 37.6. The van der Waals surface area contributed by atoms with Gasteiger partial charge in [-0.2, -0.15) is 20.4 Å². The summed E-state index contributed by atoms with van der Waals surface area (Å²) in [7, 11) is 0. The molecule has 0 saturated carbocycles. The third-order valence-electron chi connectivity index (χ3n) is 3.39. The lowest BCUT2D eigenvalue weighted by atomic mass is 10.6. The van der Waals surface area contributed by atoms with Gasteiger partial charge in [0.2, 0.25) is 0 Å². The average molecular weight is 665 g/mol. The van der Waals surface area contributed by atoms with E-state index in [0.29, 0.717) is 40.6 Å². The zero-order valence-electron chi connectivity index (χ0n) is 18.5. The first kappa shape index (κ1) is 30.3. The third-order valence-corrected chi connectivity index (χ3v) is 6.72. The number of nitrogens with one attached hydrogen (secondary N) is 8. The molecule has 0 amide bonds. The maximum absolute atomic E-state index is 5.21. The van der Waals surface area contributed by atoms with Crippen LogP contribution < -0.4 is 21.3 Å². The number of nitrogens with zero attached hydrogens (tertiary/aromatic N) is 4. The van der Waals surface area contributed by atoms with E-state index in [0.717, 1.165) is 48.2 Å². The molecule has 4 aromatic heterocycles. The van der Waals surface area contributed by atoms with Gasteiger partial charge in [0.25, 0.3) is 0 Å². The number of H-pyrrole nitrogens is 4. The fourth-order valence-corrected chi connectivity index (χ4v) is 5.29. The summed E-state index contributed by atoms with van der Waals surface area (Å²) in [5.74, 6) is 2.79. The molecule has 0 radical (unpaired) electrons. The molecule has 200 valence electrons. The van der Waals surface area contributed by atoms with Gasteiger partial charge in [0.1, 0.15) is 23.3 Å². The van der Waals surface area contributed by atoms with Crippen molar-refractivity contribution >= 4 is 138 Å². The first-order chi connectivity index (χ1) is 18.5. The highest BCUT2D eigenvalue weighted by Gasteiger charge is 2.06. The first-order valence-electron chi connectivity index (χ1n) is 9.71. The van der Waals surface area contributed by atoms with Crippen molar-refractivity contribution in [3.8, 4) is 0 Å². The molecule has 0 saturated heterocycles. The molecule has 0 aromatic carbocycles. The number of aromatic nitrogens is 8. The van der Waals surface area contributed by atoms with Gasteiger partial charge in [0, 0.05) is 24.3 Å². The molecule has 0 spiro atoms. The Kier molecular flexibility index (Phi) is 13.8. The van der Waals surface area contributed by atoms with Crippen molar-refractivity contribution < 1.29 is 7.26 Å². The smallest absolute Gasteiger partial charge is 0.168 e. The van der Waals surface area contributed by atoms with Crippen LogP contribution in [0.1, 0.15) is 0 Å². The molecular weight excluding hydrogens is 649 g/mol. The van der Waals surface area contributed by atoms with Crippen LogP contribution in [0.2, 0.25) is 0 Å². The van der Waals surface area contributed by atoms with Crippen molar-refractivity contribution in [3.63, 3.8) is 0 Å². The standard InChI is InChI=1S/2C8H8N6OS4/c2*16-7(11-5-1-3-9-13-5)18-15-19-8(17)12-6-2-4-10-14-6/h2*1-4H,(H2,9,11,13,16)(H2,10,12,14,17). The predicted molar refractivity (Wildman–Crippen MR) is 172 cm³/mol. The van der Waals surface area contributed by atoms with Gasteiger partial charge >= 0.3 is 0 Å². The van der Waals surface area contributed by atoms with E-state index in [1.807, 2.05) is 0 Å². The molecule has 0 fully saturated rings. The normalized spacial score (nSPS) is 10.1. The monoisotopic (exact) mass is 664 g/mol. The topological polar surface area (TPSA) is 181 Å². The van der Waals surface area contributed by atoms with Gasteiger partial charge in [-0.25, -0.2) is 7.26 Å². The highest BCUT2D eigenvalue weighted by Crippen LogP contribution is 2.21. The van der Waals surface area contributed by atoms with Crippen LogP contribution in [-0.4, -0.2) is 58.1 Å². The fraction of sp³-hybridized carbons (Fsp3) is 0. The van der Waals surface area contributed by atoms with E-state index < -0.39 is 0 Å². The van der Waals surface area contributed by atoms with Crippen LogP contribution in [0.25, 0.3) is 0 Å². The largest absolute Gasteiger partial charge is 0.324 e. The van der Waals surface area contributed by atoms with Gasteiger partial charge in [-0.05, 0) is 0 Å². The SMILES string of the molecule is S=C(Nc1ccn[nH]1)SOSC(=S)Nc1ccn[nH]1.S=C(Nc1ccn[nH]1)SOSC(=S)Nc1ccn[nH]1. The molecule has 0 bridgehead atoms. The lowest BCUT2D eigenvalue weighted by Gasteiger charge is -2.05. The molecule has 14 nitrogen and oxygen atoms in total. The van der Waals surface area contributed by atoms with Crippen molar-refractivity contribution in [1.82, 2.24) is 40.8 Å². The fourth-order valence-electron chi connectivity index (χ4n) is 1.98. The second-order valence-electron chi connectivity index (χ2n) is 6.00. The zero-order valence-corrected chi connectivity index (χ0v) is 25.0. The number of aromatic amines is 4.